The van der Waals surface area contributed by atoms with Gasteiger partial charge in [0.15, 0.2) is 0 Å². The Morgan fingerprint density at radius 1 is 1.10 bits per heavy atom. The molecule has 3 rings (SSSR count). The number of anilines is 2. The van der Waals surface area contributed by atoms with Crippen LogP contribution in [0.5, 0.6) is 0 Å². The number of sulfonamides is 1. The lowest BCUT2D eigenvalue weighted by atomic mass is 10.1. The smallest absolute Gasteiger partial charge is 0.256 e. The van der Waals surface area contributed by atoms with Crippen molar-refractivity contribution in [1.29, 1.82) is 0 Å². The molecule has 160 valence electrons. The predicted molar refractivity (Wildman–Crippen MR) is 115 cm³/mol. The fraction of sp³-hybridized carbons (Fsp3) is 0.300. The summed E-state index contributed by atoms with van der Waals surface area (Å²) in [6, 6.07) is 13.0. The monoisotopic (exact) mass is 451 g/mol. The van der Waals surface area contributed by atoms with Gasteiger partial charge >= 0.3 is 0 Å². The van der Waals surface area contributed by atoms with Gasteiger partial charge in [0.1, 0.15) is 6.54 Å². The topological polar surface area (TPSA) is 96.0 Å². The van der Waals surface area contributed by atoms with Crippen LogP contribution < -0.4 is 9.62 Å². The minimum atomic E-state index is -3.77. The molecule has 30 heavy (non-hydrogen) atoms. The van der Waals surface area contributed by atoms with Gasteiger partial charge in [-0.15, -0.1) is 0 Å². The van der Waals surface area contributed by atoms with Crippen LogP contribution in [0.1, 0.15) is 10.4 Å². The molecule has 1 heterocycles. The van der Waals surface area contributed by atoms with E-state index in [1.165, 1.54) is 6.07 Å². The highest BCUT2D eigenvalue weighted by Gasteiger charge is 2.25. The molecule has 0 radical (unpaired) electrons. The van der Waals surface area contributed by atoms with E-state index in [0.29, 0.717) is 37.6 Å². The van der Waals surface area contributed by atoms with Crippen molar-refractivity contribution in [2.75, 3.05) is 48.7 Å². The maximum atomic E-state index is 12.8. The number of ether oxygens (including phenoxy) is 1. The van der Waals surface area contributed by atoms with Crippen molar-refractivity contribution in [3.63, 3.8) is 0 Å². The summed E-state index contributed by atoms with van der Waals surface area (Å²) in [6.45, 7) is 1.37. The fourth-order valence-corrected chi connectivity index (χ4v) is 4.23. The molecule has 2 aromatic carbocycles. The van der Waals surface area contributed by atoms with E-state index in [0.717, 1.165) is 10.6 Å². The molecule has 1 saturated heterocycles. The third-order valence-electron chi connectivity index (χ3n) is 4.54. The van der Waals surface area contributed by atoms with E-state index >= 15 is 0 Å². The summed E-state index contributed by atoms with van der Waals surface area (Å²) in [5.41, 5.74) is 0.845. The standard InChI is InChI=1S/C20H22ClN3O5S/c1-30(27,28)24(18-9-5-3-7-16(18)21)14-19(25)22-17-8-4-2-6-15(17)20(26)23-10-12-29-13-11-23/h2-9H,10-14H2,1H3,(H,22,25). The van der Waals surface area contributed by atoms with Gasteiger partial charge in [-0.05, 0) is 24.3 Å². The van der Waals surface area contributed by atoms with Crippen LogP contribution in [0.4, 0.5) is 11.4 Å². The normalized spacial score (nSPS) is 14.3. The lowest BCUT2D eigenvalue weighted by Crippen LogP contribution is -2.41. The average Bonchev–Trinajstić information content (AvgIpc) is 2.72. The molecule has 1 fully saturated rings. The van der Waals surface area contributed by atoms with Gasteiger partial charge in [0.25, 0.3) is 5.91 Å². The van der Waals surface area contributed by atoms with E-state index in [4.69, 9.17) is 16.3 Å². The van der Waals surface area contributed by atoms with Crippen LogP contribution in [0, 0.1) is 0 Å². The van der Waals surface area contributed by atoms with Crippen LogP contribution in [-0.2, 0) is 19.6 Å². The number of carbonyl (C=O) groups is 2. The lowest BCUT2D eigenvalue weighted by molar-refractivity contribution is -0.114. The molecule has 1 aliphatic rings. The van der Waals surface area contributed by atoms with Gasteiger partial charge in [0, 0.05) is 13.1 Å². The SMILES string of the molecule is CS(=O)(=O)N(CC(=O)Nc1ccccc1C(=O)N1CCOCC1)c1ccccc1Cl. The third-order valence-corrected chi connectivity index (χ3v) is 5.98. The number of benzene rings is 2. The van der Waals surface area contributed by atoms with Crippen LogP contribution in [0.25, 0.3) is 0 Å². The largest absolute Gasteiger partial charge is 0.378 e. The van der Waals surface area contributed by atoms with Crippen LogP contribution >= 0.6 is 11.6 Å². The van der Waals surface area contributed by atoms with Crippen LogP contribution in [0.15, 0.2) is 48.5 Å². The summed E-state index contributed by atoms with van der Waals surface area (Å²) in [4.78, 5) is 27.2. The van der Waals surface area contributed by atoms with Crippen molar-refractivity contribution >= 4 is 44.8 Å². The van der Waals surface area contributed by atoms with Gasteiger partial charge in [-0.1, -0.05) is 35.9 Å². The second kappa shape index (κ2) is 9.46. The van der Waals surface area contributed by atoms with E-state index in [9.17, 15) is 18.0 Å². The Morgan fingerprint density at radius 2 is 1.73 bits per heavy atom. The molecule has 1 N–H and O–H groups in total. The number of hydrogen-bond donors (Lipinski definition) is 1. The van der Waals surface area contributed by atoms with Gasteiger partial charge in [-0.25, -0.2) is 8.42 Å². The highest BCUT2D eigenvalue weighted by molar-refractivity contribution is 7.92. The minimum absolute atomic E-state index is 0.203. The molecule has 2 amide bonds. The second-order valence-electron chi connectivity index (χ2n) is 6.72. The summed E-state index contributed by atoms with van der Waals surface area (Å²) in [5.74, 6) is -0.817. The average molecular weight is 452 g/mol. The van der Waals surface area contributed by atoms with E-state index < -0.39 is 22.5 Å². The number of hydrogen-bond acceptors (Lipinski definition) is 5. The van der Waals surface area contributed by atoms with E-state index in [2.05, 4.69) is 5.32 Å². The van der Waals surface area contributed by atoms with E-state index in [1.54, 1.807) is 47.4 Å². The summed E-state index contributed by atoms with van der Waals surface area (Å²) in [6.07, 6.45) is 1.000. The van der Waals surface area contributed by atoms with E-state index in [-0.39, 0.29) is 16.6 Å². The van der Waals surface area contributed by atoms with Crippen molar-refractivity contribution in [1.82, 2.24) is 4.90 Å². The quantitative estimate of drug-likeness (QED) is 0.726. The summed E-state index contributed by atoms with van der Waals surface area (Å²) < 4.78 is 30.7. The summed E-state index contributed by atoms with van der Waals surface area (Å²) in [7, 11) is -3.77. The zero-order valence-electron chi connectivity index (χ0n) is 16.4. The third kappa shape index (κ3) is 5.29. The van der Waals surface area contributed by atoms with Crippen molar-refractivity contribution in [3.05, 3.63) is 59.1 Å². The Labute approximate surface area is 180 Å². The highest BCUT2D eigenvalue weighted by Crippen LogP contribution is 2.27. The first kappa shape index (κ1) is 22.1. The molecule has 0 atom stereocenters. The number of morpholine rings is 1. The summed E-state index contributed by atoms with van der Waals surface area (Å²) in [5, 5.41) is 2.86. The van der Waals surface area contributed by atoms with Gasteiger partial charge in [-0.2, -0.15) is 0 Å². The lowest BCUT2D eigenvalue weighted by Gasteiger charge is -2.27. The fourth-order valence-electron chi connectivity index (χ4n) is 3.07. The zero-order valence-corrected chi connectivity index (χ0v) is 17.9. The predicted octanol–water partition coefficient (Wildman–Crippen LogP) is 2.22. The maximum absolute atomic E-state index is 12.8. The molecule has 8 nitrogen and oxygen atoms in total. The molecular weight excluding hydrogens is 430 g/mol. The van der Waals surface area contributed by atoms with Gasteiger partial charge in [-0.3, -0.25) is 13.9 Å². The number of carbonyl (C=O) groups excluding carboxylic acids is 2. The van der Waals surface area contributed by atoms with Crippen molar-refractivity contribution in [3.8, 4) is 0 Å². The molecule has 0 aliphatic carbocycles. The zero-order chi connectivity index (χ0) is 21.7. The molecule has 0 aromatic heterocycles. The molecule has 0 saturated carbocycles. The summed E-state index contributed by atoms with van der Waals surface area (Å²) >= 11 is 6.12. The molecule has 0 bridgehead atoms. The number of halogens is 1. The van der Waals surface area contributed by atoms with Crippen molar-refractivity contribution < 1.29 is 22.7 Å². The Balaban J connectivity index is 1.80. The van der Waals surface area contributed by atoms with Gasteiger partial charge < -0.3 is 15.0 Å². The van der Waals surface area contributed by atoms with Crippen molar-refractivity contribution in [2.24, 2.45) is 0 Å². The first-order valence-electron chi connectivity index (χ1n) is 9.25. The van der Waals surface area contributed by atoms with Crippen molar-refractivity contribution in [2.45, 2.75) is 0 Å². The second-order valence-corrected chi connectivity index (χ2v) is 9.03. The number of rotatable bonds is 6. The molecule has 2 aromatic rings. The van der Waals surface area contributed by atoms with E-state index in [1.807, 2.05) is 0 Å². The molecule has 0 spiro atoms. The van der Waals surface area contributed by atoms with Crippen LogP contribution in [0.2, 0.25) is 5.02 Å². The number of amides is 2. The molecule has 0 unspecified atom stereocenters. The van der Waals surface area contributed by atoms with Gasteiger partial charge in [0.2, 0.25) is 15.9 Å². The number of nitrogens with zero attached hydrogens (tertiary/aromatic N) is 2. The highest BCUT2D eigenvalue weighted by atomic mass is 35.5. The Bertz CT molecular complexity index is 1040. The Morgan fingerprint density at radius 3 is 2.40 bits per heavy atom. The Hall–Kier alpha value is -2.62. The van der Waals surface area contributed by atoms with Crippen LogP contribution in [0.3, 0.4) is 0 Å². The molecule has 1 aliphatic heterocycles. The molecular formula is C20H22ClN3O5S. The molecule has 10 heteroatoms. The first-order valence-corrected chi connectivity index (χ1v) is 11.5. The minimum Gasteiger partial charge on any atom is -0.378 e. The van der Waals surface area contributed by atoms with Gasteiger partial charge in [0.05, 0.1) is 41.4 Å². The van der Waals surface area contributed by atoms with Crippen LogP contribution in [-0.4, -0.2) is 64.2 Å². The maximum Gasteiger partial charge on any atom is 0.256 e. The first-order chi connectivity index (χ1) is 14.3. The Kier molecular flexibility index (Phi) is 6.96. The number of para-hydroxylation sites is 2. The number of nitrogens with one attached hydrogen (secondary N) is 1.